The molecule has 2 aromatic carbocycles. The lowest BCUT2D eigenvalue weighted by atomic mass is 10.1. The predicted octanol–water partition coefficient (Wildman–Crippen LogP) is 5.23. The summed E-state index contributed by atoms with van der Waals surface area (Å²) in [7, 11) is 0. The van der Waals surface area contributed by atoms with Crippen LogP contribution in [0.4, 0.5) is 17.6 Å². The Morgan fingerprint density at radius 1 is 1.07 bits per heavy atom. The van der Waals surface area contributed by atoms with Crippen LogP contribution in [0.3, 0.4) is 0 Å². The van der Waals surface area contributed by atoms with E-state index < -0.39 is 28.5 Å². The van der Waals surface area contributed by atoms with E-state index in [9.17, 15) is 27.5 Å². The third-order valence-electron chi connectivity index (χ3n) is 4.71. The second-order valence-electron chi connectivity index (χ2n) is 6.58. The Kier molecular flexibility index (Phi) is 5.07. The Balaban J connectivity index is 1.93. The van der Waals surface area contributed by atoms with Gasteiger partial charge in [-0.2, -0.15) is 13.2 Å². The van der Waals surface area contributed by atoms with Crippen molar-refractivity contribution in [2.75, 3.05) is 0 Å². The highest BCUT2D eigenvalue weighted by atomic mass is 32.1. The van der Waals surface area contributed by atoms with Crippen LogP contribution < -0.4 is 5.56 Å². The summed E-state index contributed by atoms with van der Waals surface area (Å²) in [4.78, 5) is 17.3. The number of aryl methyl sites for hydroxylation is 1. The average Bonchev–Trinajstić information content (AvgIpc) is 3.14. The summed E-state index contributed by atoms with van der Waals surface area (Å²) in [6.45, 7) is -0.112. The Hall–Kier alpha value is -3.20. The highest BCUT2D eigenvalue weighted by Crippen LogP contribution is 2.37. The zero-order chi connectivity index (χ0) is 21.5. The molecule has 0 fully saturated rings. The van der Waals surface area contributed by atoms with Gasteiger partial charge in [0.25, 0.3) is 5.56 Å². The number of halogens is 4. The largest absolute Gasteiger partial charge is 0.507 e. The quantitative estimate of drug-likeness (QED) is 0.448. The van der Waals surface area contributed by atoms with Crippen molar-refractivity contribution in [2.45, 2.75) is 19.1 Å². The van der Waals surface area contributed by atoms with Gasteiger partial charge >= 0.3 is 6.18 Å². The molecule has 0 radical (unpaired) electrons. The molecule has 0 spiro atoms. The van der Waals surface area contributed by atoms with E-state index >= 15 is 0 Å². The van der Waals surface area contributed by atoms with E-state index in [1.165, 1.54) is 30.3 Å². The number of aromatic hydroxyl groups is 1. The number of phenols is 1. The lowest BCUT2D eigenvalue weighted by Gasteiger charge is -2.14. The second-order valence-corrected chi connectivity index (χ2v) is 7.44. The molecule has 30 heavy (non-hydrogen) atoms. The monoisotopic (exact) mass is 434 g/mol. The number of nitrogens with zero attached hydrogens (tertiary/aromatic N) is 2. The number of aromatic nitrogens is 2. The zero-order valence-electron chi connectivity index (χ0n) is 15.3. The molecule has 2 heterocycles. The first-order chi connectivity index (χ1) is 14.3. The fourth-order valence-corrected chi connectivity index (χ4v) is 4.18. The van der Waals surface area contributed by atoms with Gasteiger partial charge in [0.05, 0.1) is 16.5 Å². The molecule has 0 saturated carbocycles. The van der Waals surface area contributed by atoms with Gasteiger partial charge in [-0.15, -0.1) is 11.3 Å². The molecule has 0 aliphatic rings. The van der Waals surface area contributed by atoms with Crippen molar-refractivity contribution in [3.05, 3.63) is 81.2 Å². The van der Waals surface area contributed by atoms with Gasteiger partial charge in [-0.25, -0.2) is 9.37 Å². The van der Waals surface area contributed by atoms with Gasteiger partial charge in [0.2, 0.25) is 0 Å². The van der Waals surface area contributed by atoms with Crippen LogP contribution in [0.1, 0.15) is 11.1 Å². The minimum atomic E-state index is -4.71. The first-order valence-corrected chi connectivity index (χ1v) is 9.76. The van der Waals surface area contributed by atoms with E-state index in [1.807, 2.05) is 0 Å². The smallest absolute Gasteiger partial charge is 0.418 e. The van der Waals surface area contributed by atoms with Crippen LogP contribution in [0.15, 0.2) is 58.7 Å². The molecule has 4 aromatic rings. The normalized spacial score (nSPS) is 11.9. The molecule has 0 aliphatic carbocycles. The summed E-state index contributed by atoms with van der Waals surface area (Å²) < 4.78 is 55.3. The highest BCUT2D eigenvalue weighted by Gasteiger charge is 2.36. The van der Waals surface area contributed by atoms with E-state index in [1.54, 1.807) is 18.2 Å². The first kappa shape index (κ1) is 20.1. The fraction of sp³-hybridized carbons (Fsp3) is 0.143. The van der Waals surface area contributed by atoms with E-state index in [0.29, 0.717) is 16.9 Å². The number of para-hydroxylation sites is 1. The molecule has 0 saturated heterocycles. The van der Waals surface area contributed by atoms with Crippen molar-refractivity contribution in [3.63, 3.8) is 0 Å². The van der Waals surface area contributed by atoms with Gasteiger partial charge in [0, 0.05) is 11.9 Å². The van der Waals surface area contributed by atoms with Crippen molar-refractivity contribution in [2.24, 2.45) is 0 Å². The Morgan fingerprint density at radius 2 is 1.77 bits per heavy atom. The molecular weight excluding hydrogens is 420 g/mol. The summed E-state index contributed by atoms with van der Waals surface area (Å²) in [6.07, 6.45) is -4.65. The van der Waals surface area contributed by atoms with Crippen molar-refractivity contribution < 1.29 is 22.7 Å². The molecule has 1 N–H and O–H groups in total. The maximum atomic E-state index is 14.0. The molecule has 0 aliphatic heterocycles. The maximum absolute atomic E-state index is 14.0. The second kappa shape index (κ2) is 7.56. The van der Waals surface area contributed by atoms with Crippen molar-refractivity contribution in [1.82, 2.24) is 9.55 Å². The minimum absolute atomic E-state index is 0.0255. The number of hydrogen-bond donors (Lipinski definition) is 1. The van der Waals surface area contributed by atoms with Gasteiger partial charge < -0.3 is 5.11 Å². The number of thiophene rings is 1. The lowest BCUT2D eigenvalue weighted by molar-refractivity contribution is -0.136. The SMILES string of the molecule is O=c1c2c(C(F)(F)F)csc2nc(-c2ccccc2O)n1CCc1ccccc1F. The van der Waals surface area contributed by atoms with Crippen molar-refractivity contribution >= 4 is 21.6 Å². The van der Waals surface area contributed by atoms with Crippen LogP contribution in [0.25, 0.3) is 21.6 Å². The number of hydrogen-bond acceptors (Lipinski definition) is 4. The number of rotatable bonds is 4. The van der Waals surface area contributed by atoms with Gasteiger partial charge in [-0.05, 0) is 30.2 Å². The van der Waals surface area contributed by atoms with E-state index in [0.717, 1.165) is 9.95 Å². The van der Waals surface area contributed by atoms with Gasteiger partial charge in [0.1, 0.15) is 22.2 Å². The Morgan fingerprint density at radius 3 is 2.47 bits per heavy atom. The van der Waals surface area contributed by atoms with Gasteiger partial charge in [-0.1, -0.05) is 30.3 Å². The highest BCUT2D eigenvalue weighted by molar-refractivity contribution is 7.16. The Labute approximate surface area is 171 Å². The van der Waals surface area contributed by atoms with Crippen LogP contribution in [0, 0.1) is 5.82 Å². The van der Waals surface area contributed by atoms with E-state index in [4.69, 9.17) is 0 Å². The van der Waals surface area contributed by atoms with Gasteiger partial charge in [-0.3, -0.25) is 9.36 Å². The molecule has 0 atom stereocenters. The third-order valence-corrected chi connectivity index (χ3v) is 5.58. The average molecular weight is 434 g/mol. The van der Waals surface area contributed by atoms with Crippen LogP contribution in [-0.4, -0.2) is 14.7 Å². The topological polar surface area (TPSA) is 55.1 Å². The number of phenolic OH excluding ortho intramolecular Hbond substituents is 1. The lowest BCUT2D eigenvalue weighted by Crippen LogP contribution is -2.25. The molecule has 154 valence electrons. The fourth-order valence-electron chi connectivity index (χ4n) is 3.24. The van der Waals surface area contributed by atoms with Crippen molar-refractivity contribution in [3.8, 4) is 17.1 Å². The molecular formula is C21H14F4N2O2S. The van der Waals surface area contributed by atoms with E-state index in [2.05, 4.69) is 4.98 Å². The van der Waals surface area contributed by atoms with E-state index in [-0.39, 0.29) is 34.9 Å². The van der Waals surface area contributed by atoms with Crippen LogP contribution in [-0.2, 0) is 19.1 Å². The molecule has 4 rings (SSSR count). The predicted molar refractivity (Wildman–Crippen MR) is 106 cm³/mol. The summed E-state index contributed by atoms with van der Waals surface area (Å²) in [6, 6.07) is 12.1. The zero-order valence-corrected chi connectivity index (χ0v) is 16.1. The summed E-state index contributed by atoms with van der Waals surface area (Å²) in [5.74, 6) is -0.622. The number of benzene rings is 2. The molecule has 0 unspecified atom stereocenters. The standard InChI is InChI=1S/C21H14F4N2O2S/c22-15-7-3-1-5-12(15)9-10-27-18(13-6-2-4-8-16(13)28)26-19-17(20(27)29)14(11-30-19)21(23,24)25/h1-8,11,28H,9-10H2. The first-order valence-electron chi connectivity index (χ1n) is 8.88. The van der Waals surface area contributed by atoms with Crippen LogP contribution >= 0.6 is 11.3 Å². The molecule has 4 nitrogen and oxygen atoms in total. The molecule has 0 amide bonds. The Bertz CT molecular complexity index is 1290. The van der Waals surface area contributed by atoms with Crippen LogP contribution in [0.5, 0.6) is 5.75 Å². The molecule has 9 heteroatoms. The number of alkyl halides is 3. The summed E-state index contributed by atoms with van der Waals surface area (Å²) in [5.41, 5.74) is -1.42. The number of fused-ring (bicyclic) bond motifs is 1. The van der Waals surface area contributed by atoms with Crippen molar-refractivity contribution in [1.29, 1.82) is 0 Å². The van der Waals surface area contributed by atoms with Gasteiger partial charge in [0.15, 0.2) is 0 Å². The minimum Gasteiger partial charge on any atom is -0.507 e. The third kappa shape index (κ3) is 3.56. The maximum Gasteiger partial charge on any atom is 0.418 e. The molecule has 2 aromatic heterocycles. The summed E-state index contributed by atoms with van der Waals surface area (Å²) >= 11 is 0.709. The summed E-state index contributed by atoms with van der Waals surface area (Å²) in [5, 5.41) is 10.6. The molecule has 0 bridgehead atoms. The van der Waals surface area contributed by atoms with Crippen LogP contribution in [0.2, 0.25) is 0 Å².